The first-order valence-electron chi connectivity index (χ1n) is 9.05. The summed E-state index contributed by atoms with van der Waals surface area (Å²) in [4.78, 5) is 4.46. The summed E-state index contributed by atoms with van der Waals surface area (Å²) in [5.74, 6) is 0.644. The lowest BCUT2D eigenvalue weighted by molar-refractivity contribution is 0.0106. The van der Waals surface area contributed by atoms with Gasteiger partial charge in [-0.25, -0.2) is 4.98 Å². The van der Waals surface area contributed by atoms with E-state index in [0.29, 0.717) is 31.1 Å². The number of hydrogen-bond acceptors (Lipinski definition) is 5. The zero-order valence-corrected chi connectivity index (χ0v) is 15.4. The fourth-order valence-electron chi connectivity index (χ4n) is 3.21. The zero-order chi connectivity index (χ0) is 18.4. The second-order valence-electron chi connectivity index (χ2n) is 6.74. The van der Waals surface area contributed by atoms with Crippen molar-refractivity contribution >= 4 is 5.82 Å². The minimum atomic E-state index is 0.250. The van der Waals surface area contributed by atoms with Gasteiger partial charge in [-0.15, -0.1) is 0 Å². The molecular formula is C21H25N3O2. The van der Waals surface area contributed by atoms with E-state index in [-0.39, 0.29) is 6.10 Å². The first-order chi connectivity index (χ1) is 12.7. The van der Waals surface area contributed by atoms with Gasteiger partial charge < -0.3 is 14.8 Å². The van der Waals surface area contributed by atoms with Crippen LogP contribution < -0.4 is 5.32 Å². The number of anilines is 1. The number of hydrogen-bond donors (Lipinski definition) is 1. The molecule has 5 nitrogen and oxygen atoms in total. The van der Waals surface area contributed by atoms with E-state index in [1.165, 1.54) is 0 Å². The Kier molecular flexibility index (Phi) is 6.21. The molecule has 0 bridgehead atoms. The van der Waals surface area contributed by atoms with Crippen molar-refractivity contribution in [3.63, 3.8) is 0 Å². The molecule has 1 aliphatic rings. The minimum absolute atomic E-state index is 0.250. The van der Waals surface area contributed by atoms with Crippen molar-refractivity contribution in [3.8, 4) is 6.07 Å². The van der Waals surface area contributed by atoms with Gasteiger partial charge in [-0.1, -0.05) is 24.3 Å². The maximum absolute atomic E-state index is 9.36. The van der Waals surface area contributed by atoms with Gasteiger partial charge in [0.25, 0.3) is 0 Å². The van der Waals surface area contributed by atoms with Gasteiger partial charge in [0, 0.05) is 18.8 Å². The van der Waals surface area contributed by atoms with Crippen LogP contribution in [0.5, 0.6) is 0 Å². The molecule has 2 aromatic rings. The molecule has 26 heavy (non-hydrogen) atoms. The quantitative estimate of drug-likeness (QED) is 0.820. The lowest BCUT2D eigenvalue weighted by Crippen LogP contribution is -2.13. The highest BCUT2D eigenvalue weighted by atomic mass is 16.5. The predicted octanol–water partition coefficient (Wildman–Crippen LogP) is 3.88. The van der Waals surface area contributed by atoms with Crippen LogP contribution in [-0.2, 0) is 22.6 Å². The molecule has 0 amide bonds. The van der Waals surface area contributed by atoms with E-state index in [0.717, 1.165) is 41.8 Å². The van der Waals surface area contributed by atoms with Gasteiger partial charge in [-0.05, 0) is 49.4 Å². The maximum atomic E-state index is 9.36. The third kappa shape index (κ3) is 4.81. The van der Waals surface area contributed by atoms with Crippen molar-refractivity contribution in [3.05, 3.63) is 58.3 Å². The number of benzene rings is 1. The third-order valence-corrected chi connectivity index (χ3v) is 4.50. The minimum Gasteiger partial charge on any atom is -0.376 e. The second kappa shape index (κ2) is 8.79. The summed E-state index contributed by atoms with van der Waals surface area (Å²) < 4.78 is 11.4. The Labute approximate surface area is 155 Å². The molecule has 2 heterocycles. The Bertz CT molecular complexity index is 792. The average molecular weight is 351 g/mol. The molecule has 1 aliphatic heterocycles. The van der Waals surface area contributed by atoms with Gasteiger partial charge in [0.2, 0.25) is 0 Å². The summed E-state index contributed by atoms with van der Waals surface area (Å²) in [6.45, 7) is 6.58. The van der Waals surface area contributed by atoms with Crippen molar-refractivity contribution in [1.29, 1.82) is 5.26 Å². The van der Waals surface area contributed by atoms with Crippen LogP contribution in [0.2, 0.25) is 0 Å². The summed E-state index contributed by atoms with van der Waals surface area (Å²) in [5, 5.41) is 12.7. The topological polar surface area (TPSA) is 67.2 Å². The lowest BCUT2D eigenvalue weighted by atomic mass is 10.1. The molecule has 0 saturated carbocycles. The fourth-order valence-corrected chi connectivity index (χ4v) is 3.21. The van der Waals surface area contributed by atoms with Gasteiger partial charge in [0.05, 0.1) is 24.9 Å². The molecule has 5 heteroatoms. The van der Waals surface area contributed by atoms with Crippen LogP contribution in [0.15, 0.2) is 30.3 Å². The van der Waals surface area contributed by atoms with Gasteiger partial charge in [0.1, 0.15) is 11.9 Å². The first-order valence-corrected chi connectivity index (χ1v) is 9.05. The van der Waals surface area contributed by atoms with Crippen molar-refractivity contribution in [1.82, 2.24) is 4.98 Å². The first kappa shape index (κ1) is 18.4. The number of aryl methyl sites for hydroxylation is 2. The molecule has 1 fully saturated rings. The normalized spacial score (nSPS) is 16.4. The number of ether oxygens (including phenoxy) is 2. The zero-order valence-electron chi connectivity index (χ0n) is 15.4. The van der Waals surface area contributed by atoms with Crippen LogP contribution in [-0.4, -0.2) is 24.3 Å². The smallest absolute Gasteiger partial charge is 0.144 e. The van der Waals surface area contributed by atoms with Crippen LogP contribution in [0.1, 0.15) is 40.8 Å². The summed E-state index contributed by atoms with van der Waals surface area (Å²) in [6.07, 6.45) is 2.47. The number of rotatable bonds is 7. The molecule has 1 N–H and O–H groups in total. The van der Waals surface area contributed by atoms with Gasteiger partial charge in [-0.3, -0.25) is 0 Å². The molecular weight excluding hydrogens is 326 g/mol. The number of aromatic nitrogens is 1. The van der Waals surface area contributed by atoms with E-state index in [1.807, 2.05) is 26.0 Å². The molecule has 3 rings (SSSR count). The highest BCUT2D eigenvalue weighted by Crippen LogP contribution is 2.19. The largest absolute Gasteiger partial charge is 0.376 e. The molecule has 136 valence electrons. The van der Waals surface area contributed by atoms with E-state index in [9.17, 15) is 5.26 Å². The monoisotopic (exact) mass is 351 g/mol. The van der Waals surface area contributed by atoms with Crippen LogP contribution in [0.25, 0.3) is 0 Å². The molecule has 1 unspecified atom stereocenters. The number of nitrogens with one attached hydrogen (secondary N) is 1. The summed E-state index contributed by atoms with van der Waals surface area (Å²) in [6, 6.07) is 12.4. The fraction of sp³-hybridized carbons (Fsp3) is 0.429. The number of nitrogens with zero attached hydrogens (tertiary/aromatic N) is 2. The van der Waals surface area contributed by atoms with E-state index in [4.69, 9.17) is 9.47 Å². The molecule has 1 saturated heterocycles. The van der Waals surface area contributed by atoms with Gasteiger partial charge in [-0.2, -0.15) is 5.26 Å². The van der Waals surface area contributed by atoms with E-state index >= 15 is 0 Å². The molecule has 1 aromatic heterocycles. The summed E-state index contributed by atoms with van der Waals surface area (Å²) in [5.41, 5.74) is 4.72. The standard InChI is InChI=1S/C21H25N3O2/c1-15-9-16(2)24-21(20(15)11-22)23-12-17-5-3-6-18(10-17)13-25-14-19-7-4-8-26-19/h3,5-6,9-10,19H,4,7-8,12-14H2,1-2H3,(H,23,24). The highest BCUT2D eigenvalue weighted by Gasteiger charge is 2.15. The van der Waals surface area contributed by atoms with E-state index in [1.54, 1.807) is 0 Å². The average Bonchev–Trinajstić information content (AvgIpc) is 3.13. The van der Waals surface area contributed by atoms with E-state index < -0.39 is 0 Å². The summed E-state index contributed by atoms with van der Waals surface area (Å²) in [7, 11) is 0. The van der Waals surface area contributed by atoms with Gasteiger partial charge in [0.15, 0.2) is 0 Å². The molecule has 1 aromatic carbocycles. The third-order valence-electron chi connectivity index (χ3n) is 4.50. The predicted molar refractivity (Wildman–Crippen MR) is 101 cm³/mol. The maximum Gasteiger partial charge on any atom is 0.144 e. The Morgan fingerprint density at radius 3 is 2.92 bits per heavy atom. The highest BCUT2D eigenvalue weighted by molar-refractivity contribution is 5.56. The molecule has 0 spiro atoms. The van der Waals surface area contributed by atoms with Crippen molar-refractivity contribution in [2.24, 2.45) is 0 Å². The van der Waals surface area contributed by atoms with E-state index in [2.05, 4.69) is 34.6 Å². The SMILES string of the molecule is Cc1cc(C)c(C#N)c(NCc2cccc(COCC3CCCO3)c2)n1. The number of nitriles is 1. The molecule has 1 atom stereocenters. The van der Waals surface area contributed by atoms with Crippen LogP contribution in [0, 0.1) is 25.2 Å². The Balaban J connectivity index is 1.58. The van der Waals surface area contributed by atoms with Crippen LogP contribution >= 0.6 is 0 Å². The van der Waals surface area contributed by atoms with Crippen LogP contribution in [0.4, 0.5) is 5.82 Å². The van der Waals surface area contributed by atoms with Crippen LogP contribution in [0.3, 0.4) is 0 Å². The lowest BCUT2D eigenvalue weighted by Gasteiger charge is -2.12. The van der Waals surface area contributed by atoms with Crippen molar-refractivity contribution in [2.45, 2.75) is 45.9 Å². The molecule has 0 radical (unpaired) electrons. The van der Waals surface area contributed by atoms with Gasteiger partial charge >= 0.3 is 0 Å². The second-order valence-corrected chi connectivity index (χ2v) is 6.74. The number of pyridine rings is 1. The molecule has 0 aliphatic carbocycles. The Morgan fingerprint density at radius 1 is 1.31 bits per heavy atom. The Morgan fingerprint density at radius 2 is 2.15 bits per heavy atom. The summed E-state index contributed by atoms with van der Waals surface area (Å²) >= 11 is 0. The van der Waals surface area contributed by atoms with Crippen molar-refractivity contribution in [2.75, 3.05) is 18.5 Å². The Hall–Kier alpha value is -2.42. The van der Waals surface area contributed by atoms with Crippen molar-refractivity contribution < 1.29 is 9.47 Å².